The molecule has 0 saturated heterocycles. The Hall–Kier alpha value is -2.28. The minimum Gasteiger partial charge on any atom is -0.351 e. The molecule has 1 aromatic carbocycles. The van der Waals surface area contributed by atoms with Gasteiger partial charge in [0.05, 0.1) is 4.88 Å². The minimum absolute atomic E-state index is 0.170. The van der Waals surface area contributed by atoms with Gasteiger partial charge in [-0.3, -0.25) is 9.59 Å². The van der Waals surface area contributed by atoms with Crippen LogP contribution in [0.4, 0.5) is 14.5 Å². The number of hydrogen-bond acceptors (Lipinski definition) is 3. The Kier molecular flexibility index (Phi) is 5.60. The SMILES string of the molecule is O=C(CCCNC(=O)c1cccs1)Nc1ccc(F)c(F)c1. The summed E-state index contributed by atoms with van der Waals surface area (Å²) in [6.07, 6.45) is 0.621. The second-order valence-electron chi connectivity index (χ2n) is 4.51. The summed E-state index contributed by atoms with van der Waals surface area (Å²) in [6, 6.07) is 6.66. The highest BCUT2D eigenvalue weighted by Gasteiger charge is 2.08. The van der Waals surface area contributed by atoms with Crippen LogP contribution in [0.3, 0.4) is 0 Å². The molecule has 0 fully saturated rings. The van der Waals surface area contributed by atoms with Crippen molar-refractivity contribution in [1.82, 2.24) is 5.32 Å². The number of hydrogen-bond donors (Lipinski definition) is 2. The van der Waals surface area contributed by atoms with Crippen molar-refractivity contribution in [3.05, 3.63) is 52.2 Å². The lowest BCUT2D eigenvalue weighted by Gasteiger charge is -2.06. The van der Waals surface area contributed by atoms with Crippen molar-refractivity contribution in [2.45, 2.75) is 12.8 Å². The number of anilines is 1. The van der Waals surface area contributed by atoms with E-state index in [1.807, 2.05) is 5.38 Å². The first-order chi connectivity index (χ1) is 10.6. The van der Waals surface area contributed by atoms with Gasteiger partial charge in [0.15, 0.2) is 11.6 Å². The van der Waals surface area contributed by atoms with E-state index in [-0.39, 0.29) is 23.9 Å². The molecule has 7 heteroatoms. The Labute approximate surface area is 130 Å². The summed E-state index contributed by atoms with van der Waals surface area (Å²) in [5.41, 5.74) is 0.200. The van der Waals surface area contributed by atoms with Crippen LogP contribution in [-0.2, 0) is 4.79 Å². The van der Waals surface area contributed by atoms with Crippen molar-refractivity contribution < 1.29 is 18.4 Å². The molecule has 2 N–H and O–H groups in total. The summed E-state index contributed by atoms with van der Waals surface area (Å²) in [5.74, 6) is -2.47. The molecule has 1 aromatic heterocycles. The van der Waals surface area contributed by atoms with Gasteiger partial charge in [-0.1, -0.05) is 6.07 Å². The first kappa shape index (κ1) is 16.1. The smallest absolute Gasteiger partial charge is 0.261 e. The number of nitrogens with one attached hydrogen (secondary N) is 2. The van der Waals surface area contributed by atoms with Crippen molar-refractivity contribution in [2.24, 2.45) is 0 Å². The maximum atomic E-state index is 13.0. The van der Waals surface area contributed by atoms with Gasteiger partial charge < -0.3 is 10.6 Å². The molecule has 0 aliphatic carbocycles. The highest BCUT2D eigenvalue weighted by molar-refractivity contribution is 7.12. The number of amides is 2. The number of rotatable bonds is 6. The molecule has 0 radical (unpaired) electrons. The van der Waals surface area contributed by atoms with Crippen LogP contribution in [0.2, 0.25) is 0 Å². The molecule has 2 amide bonds. The van der Waals surface area contributed by atoms with E-state index in [9.17, 15) is 18.4 Å². The number of carbonyl (C=O) groups is 2. The average Bonchev–Trinajstić information content (AvgIpc) is 3.01. The predicted octanol–water partition coefficient (Wildman–Crippen LogP) is 3.18. The third-order valence-electron chi connectivity index (χ3n) is 2.81. The Balaban J connectivity index is 1.69. The van der Waals surface area contributed by atoms with Crippen molar-refractivity contribution in [2.75, 3.05) is 11.9 Å². The molecule has 2 rings (SSSR count). The monoisotopic (exact) mass is 324 g/mol. The van der Waals surface area contributed by atoms with E-state index in [0.29, 0.717) is 17.8 Å². The van der Waals surface area contributed by atoms with E-state index < -0.39 is 11.6 Å². The maximum Gasteiger partial charge on any atom is 0.261 e. The lowest BCUT2D eigenvalue weighted by atomic mass is 10.2. The maximum absolute atomic E-state index is 13.0. The van der Waals surface area contributed by atoms with Crippen LogP contribution in [-0.4, -0.2) is 18.4 Å². The van der Waals surface area contributed by atoms with Crippen LogP contribution in [0.25, 0.3) is 0 Å². The van der Waals surface area contributed by atoms with Crippen molar-refractivity contribution in [3.63, 3.8) is 0 Å². The fraction of sp³-hybridized carbons (Fsp3) is 0.200. The highest BCUT2D eigenvalue weighted by atomic mass is 32.1. The third kappa shape index (κ3) is 4.63. The van der Waals surface area contributed by atoms with Gasteiger partial charge in [-0.05, 0) is 30.0 Å². The topological polar surface area (TPSA) is 58.2 Å². The van der Waals surface area contributed by atoms with E-state index >= 15 is 0 Å². The van der Waals surface area contributed by atoms with Gasteiger partial charge in [0.2, 0.25) is 5.91 Å². The molecule has 0 unspecified atom stereocenters. The second-order valence-corrected chi connectivity index (χ2v) is 5.46. The van der Waals surface area contributed by atoms with Gasteiger partial charge in [0, 0.05) is 24.7 Å². The van der Waals surface area contributed by atoms with Gasteiger partial charge in [-0.15, -0.1) is 11.3 Å². The fourth-order valence-corrected chi connectivity index (χ4v) is 2.38. The van der Waals surface area contributed by atoms with Crippen LogP contribution < -0.4 is 10.6 Å². The molecular weight excluding hydrogens is 310 g/mol. The van der Waals surface area contributed by atoms with Crippen molar-refractivity contribution >= 4 is 28.8 Å². The molecule has 0 aliphatic heterocycles. The minimum atomic E-state index is -1.01. The third-order valence-corrected chi connectivity index (χ3v) is 3.68. The first-order valence-electron chi connectivity index (χ1n) is 6.63. The number of halogens is 2. The zero-order valence-corrected chi connectivity index (χ0v) is 12.4. The summed E-state index contributed by atoms with van der Waals surface area (Å²) < 4.78 is 25.7. The van der Waals surface area contributed by atoms with Crippen LogP contribution >= 0.6 is 11.3 Å². The summed E-state index contributed by atoms with van der Waals surface area (Å²) in [7, 11) is 0. The van der Waals surface area contributed by atoms with Crippen LogP contribution in [0.15, 0.2) is 35.7 Å². The second kappa shape index (κ2) is 7.65. The van der Waals surface area contributed by atoms with Crippen LogP contribution in [0.1, 0.15) is 22.5 Å². The Morgan fingerprint density at radius 2 is 1.95 bits per heavy atom. The fourth-order valence-electron chi connectivity index (χ4n) is 1.74. The lowest BCUT2D eigenvalue weighted by Crippen LogP contribution is -2.24. The van der Waals surface area contributed by atoms with Crippen molar-refractivity contribution in [1.29, 1.82) is 0 Å². The molecule has 22 heavy (non-hydrogen) atoms. The molecule has 116 valence electrons. The average molecular weight is 324 g/mol. The van der Waals surface area contributed by atoms with Gasteiger partial charge in [-0.2, -0.15) is 0 Å². The Bertz CT molecular complexity index is 660. The summed E-state index contributed by atoms with van der Waals surface area (Å²) in [6.45, 7) is 0.363. The predicted molar refractivity (Wildman–Crippen MR) is 80.9 cm³/mol. The zero-order chi connectivity index (χ0) is 15.9. The summed E-state index contributed by atoms with van der Waals surface area (Å²) in [5, 5.41) is 6.98. The standard InChI is InChI=1S/C15H14F2N2O2S/c16-11-6-5-10(9-12(11)17)19-14(20)4-1-7-18-15(21)13-3-2-8-22-13/h2-3,5-6,8-9H,1,4,7H2,(H,18,21)(H,19,20). The molecule has 4 nitrogen and oxygen atoms in total. The van der Waals surface area contributed by atoms with E-state index in [1.165, 1.54) is 17.4 Å². The highest BCUT2D eigenvalue weighted by Crippen LogP contribution is 2.13. The Morgan fingerprint density at radius 1 is 1.14 bits per heavy atom. The molecule has 0 bridgehead atoms. The van der Waals surface area contributed by atoms with Gasteiger partial charge in [0.1, 0.15) is 0 Å². The van der Waals surface area contributed by atoms with Crippen LogP contribution in [0.5, 0.6) is 0 Å². The number of thiophene rings is 1. The van der Waals surface area contributed by atoms with E-state index in [1.54, 1.807) is 12.1 Å². The van der Waals surface area contributed by atoms with Crippen molar-refractivity contribution in [3.8, 4) is 0 Å². The zero-order valence-electron chi connectivity index (χ0n) is 11.6. The summed E-state index contributed by atoms with van der Waals surface area (Å²) in [4.78, 5) is 23.9. The van der Waals surface area contributed by atoms with E-state index in [4.69, 9.17) is 0 Å². The normalized spacial score (nSPS) is 10.3. The molecule has 0 atom stereocenters. The molecule has 2 aromatic rings. The van der Waals surface area contributed by atoms with E-state index in [0.717, 1.165) is 12.1 Å². The molecule has 0 spiro atoms. The lowest BCUT2D eigenvalue weighted by molar-refractivity contribution is -0.116. The molecule has 0 saturated carbocycles. The molecule has 0 aliphatic rings. The quantitative estimate of drug-likeness (QED) is 0.802. The molecular formula is C15H14F2N2O2S. The Morgan fingerprint density at radius 3 is 2.64 bits per heavy atom. The van der Waals surface area contributed by atoms with Crippen LogP contribution in [0, 0.1) is 11.6 Å². The van der Waals surface area contributed by atoms with Gasteiger partial charge in [0.25, 0.3) is 5.91 Å². The van der Waals surface area contributed by atoms with Gasteiger partial charge >= 0.3 is 0 Å². The number of carbonyl (C=O) groups excluding carboxylic acids is 2. The van der Waals surface area contributed by atoms with Gasteiger partial charge in [-0.25, -0.2) is 8.78 Å². The summed E-state index contributed by atoms with van der Waals surface area (Å²) >= 11 is 1.34. The number of benzene rings is 1. The largest absolute Gasteiger partial charge is 0.351 e. The van der Waals surface area contributed by atoms with E-state index in [2.05, 4.69) is 10.6 Å². The first-order valence-corrected chi connectivity index (χ1v) is 7.51. The molecule has 1 heterocycles.